The molecule has 0 atom stereocenters. The summed E-state index contributed by atoms with van der Waals surface area (Å²) in [5.41, 5.74) is 7.98. The van der Waals surface area contributed by atoms with Crippen molar-refractivity contribution in [2.24, 2.45) is 0 Å². The Morgan fingerprint density at radius 1 is 0.500 bits per heavy atom. The number of hydrogen-bond acceptors (Lipinski definition) is 5. The summed E-state index contributed by atoms with van der Waals surface area (Å²) < 4.78 is 12.7. The Morgan fingerprint density at radius 2 is 1.05 bits per heavy atom. The molecule has 7 rings (SSSR count). The highest BCUT2D eigenvalue weighted by atomic mass is 16.7. The van der Waals surface area contributed by atoms with Gasteiger partial charge in [-0.05, 0) is 61.5 Å². The van der Waals surface area contributed by atoms with Gasteiger partial charge in [-0.25, -0.2) is 15.0 Å². The Balaban J connectivity index is 1.34. The molecule has 0 spiro atoms. The van der Waals surface area contributed by atoms with Gasteiger partial charge in [0.15, 0.2) is 17.5 Å². The van der Waals surface area contributed by atoms with Gasteiger partial charge in [0.05, 0.1) is 11.2 Å². The van der Waals surface area contributed by atoms with Crippen LogP contribution in [0.5, 0.6) is 0 Å². The molecular weight excluding hydrogens is 517 g/mol. The van der Waals surface area contributed by atoms with E-state index in [0.29, 0.717) is 17.5 Å². The molecular formula is C36H34BN3O2. The lowest BCUT2D eigenvalue weighted by molar-refractivity contribution is 0.00578. The molecule has 5 aromatic rings. The Bertz CT molecular complexity index is 1820. The van der Waals surface area contributed by atoms with Crippen LogP contribution in [0.25, 0.3) is 45.3 Å². The van der Waals surface area contributed by atoms with Crippen LogP contribution in [0, 0.1) is 0 Å². The number of rotatable bonds is 4. The summed E-state index contributed by atoms with van der Waals surface area (Å²) >= 11 is 0. The molecule has 0 amide bonds. The first-order valence-corrected chi connectivity index (χ1v) is 14.6. The Morgan fingerprint density at radius 3 is 1.74 bits per heavy atom. The van der Waals surface area contributed by atoms with Crippen molar-refractivity contribution < 1.29 is 9.31 Å². The zero-order valence-electron chi connectivity index (χ0n) is 25.0. The second-order valence-electron chi connectivity index (χ2n) is 12.8. The first-order chi connectivity index (χ1) is 20.0. The summed E-state index contributed by atoms with van der Waals surface area (Å²) in [5.74, 6) is 1.90. The maximum Gasteiger partial charge on any atom is 0.494 e. The van der Waals surface area contributed by atoms with Gasteiger partial charge >= 0.3 is 7.12 Å². The third-order valence-electron chi connectivity index (χ3n) is 9.18. The number of nitrogens with zero attached hydrogens (tertiary/aromatic N) is 3. The summed E-state index contributed by atoms with van der Waals surface area (Å²) in [6, 6.07) is 33.5. The Kier molecular flexibility index (Phi) is 6.02. The molecule has 6 heteroatoms. The lowest BCUT2D eigenvalue weighted by atomic mass is 9.78. The van der Waals surface area contributed by atoms with E-state index >= 15 is 0 Å². The number of fused-ring (bicyclic) bond motifs is 3. The zero-order chi connectivity index (χ0) is 29.3. The van der Waals surface area contributed by atoms with E-state index in [2.05, 4.69) is 90.1 Å². The minimum Gasteiger partial charge on any atom is -0.399 e. The summed E-state index contributed by atoms with van der Waals surface area (Å²) in [6.45, 7) is 12.8. The molecule has 1 fully saturated rings. The highest BCUT2D eigenvalue weighted by molar-refractivity contribution is 6.62. The van der Waals surface area contributed by atoms with Crippen molar-refractivity contribution in [3.05, 3.63) is 108 Å². The molecule has 2 heterocycles. The monoisotopic (exact) mass is 551 g/mol. The fourth-order valence-electron chi connectivity index (χ4n) is 6.00. The molecule has 0 unspecified atom stereocenters. The van der Waals surface area contributed by atoms with E-state index in [-0.39, 0.29) is 5.41 Å². The second-order valence-corrected chi connectivity index (χ2v) is 12.8. The van der Waals surface area contributed by atoms with Crippen LogP contribution in [-0.2, 0) is 14.7 Å². The van der Waals surface area contributed by atoms with E-state index in [1.54, 1.807) is 0 Å². The predicted octanol–water partition coefficient (Wildman–Crippen LogP) is 7.48. The van der Waals surface area contributed by atoms with Gasteiger partial charge in [0, 0.05) is 22.1 Å². The average molecular weight is 551 g/mol. The molecule has 4 aromatic carbocycles. The third-order valence-corrected chi connectivity index (χ3v) is 9.18. The maximum atomic E-state index is 6.34. The fourth-order valence-corrected chi connectivity index (χ4v) is 6.00. The molecule has 1 aromatic heterocycles. The van der Waals surface area contributed by atoms with Gasteiger partial charge in [-0.3, -0.25) is 0 Å². The van der Waals surface area contributed by atoms with E-state index < -0.39 is 18.3 Å². The van der Waals surface area contributed by atoms with Gasteiger partial charge < -0.3 is 9.31 Å². The lowest BCUT2D eigenvalue weighted by Crippen LogP contribution is -2.41. The number of aromatic nitrogens is 3. The van der Waals surface area contributed by atoms with Crippen LogP contribution in [0.1, 0.15) is 52.7 Å². The highest BCUT2D eigenvalue weighted by Gasteiger charge is 2.51. The standard InChI is InChI=1S/C36H34BN3O2/c1-34(2)29-18-11-10-17-27(29)28-20-19-25(22-30(28)34)33-39-31(23-13-8-7-9-14-23)38-32(40-33)24-15-12-16-26(21-24)37-41-35(3,4)36(5,6)42-37/h7-22H,1-6H3. The van der Waals surface area contributed by atoms with Crippen LogP contribution in [0.3, 0.4) is 0 Å². The van der Waals surface area contributed by atoms with Gasteiger partial charge in [0.1, 0.15) is 0 Å². The molecule has 0 bridgehead atoms. The largest absolute Gasteiger partial charge is 0.494 e. The molecule has 0 radical (unpaired) electrons. The summed E-state index contributed by atoms with van der Waals surface area (Å²) in [4.78, 5) is 15.0. The van der Waals surface area contributed by atoms with Crippen LogP contribution in [0.15, 0.2) is 97.1 Å². The van der Waals surface area contributed by atoms with Crippen molar-refractivity contribution in [1.82, 2.24) is 15.0 Å². The Hall–Kier alpha value is -4.13. The summed E-state index contributed by atoms with van der Waals surface area (Å²) in [6.07, 6.45) is 0. The summed E-state index contributed by atoms with van der Waals surface area (Å²) in [7, 11) is -0.467. The topological polar surface area (TPSA) is 57.1 Å². The third kappa shape index (κ3) is 4.29. The summed E-state index contributed by atoms with van der Waals surface area (Å²) in [5, 5.41) is 0. The van der Waals surface area contributed by atoms with E-state index in [0.717, 1.165) is 22.2 Å². The molecule has 1 saturated heterocycles. The van der Waals surface area contributed by atoms with E-state index in [9.17, 15) is 0 Å². The SMILES string of the molecule is CC1(C)c2ccccc2-c2ccc(-c3nc(-c4ccccc4)nc(-c4cccc(B5OC(C)(C)C(C)(C)O5)c4)n3)cc21. The van der Waals surface area contributed by atoms with Crippen LogP contribution < -0.4 is 5.46 Å². The van der Waals surface area contributed by atoms with Crippen molar-refractivity contribution in [2.45, 2.75) is 58.2 Å². The first-order valence-electron chi connectivity index (χ1n) is 14.6. The highest BCUT2D eigenvalue weighted by Crippen LogP contribution is 2.49. The van der Waals surface area contributed by atoms with Crippen LogP contribution in [-0.4, -0.2) is 33.3 Å². The van der Waals surface area contributed by atoms with Crippen molar-refractivity contribution in [3.63, 3.8) is 0 Å². The van der Waals surface area contributed by atoms with E-state index in [1.807, 2.05) is 48.5 Å². The van der Waals surface area contributed by atoms with Gasteiger partial charge in [-0.15, -0.1) is 0 Å². The Labute approximate surface area is 248 Å². The average Bonchev–Trinajstić information content (AvgIpc) is 3.37. The minimum absolute atomic E-state index is 0.114. The molecule has 5 nitrogen and oxygen atoms in total. The molecule has 1 aliphatic heterocycles. The number of hydrogen-bond donors (Lipinski definition) is 0. The van der Waals surface area contributed by atoms with Crippen molar-refractivity contribution >= 4 is 12.6 Å². The molecule has 0 saturated carbocycles. The molecule has 42 heavy (non-hydrogen) atoms. The second kappa shape index (κ2) is 9.45. The lowest BCUT2D eigenvalue weighted by Gasteiger charge is -2.32. The van der Waals surface area contributed by atoms with Crippen molar-refractivity contribution in [2.75, 3.05) is 0 Å². The minimum atomic E-state index is -0.467. The van der Waals surface area contributed by atoms with Crippen LogP contribution in [0.2, 0.25) is 0 Å². The van der Waals surface area contributed by atoms with Gasteiger partial charge in [0.25, 0.3) is 0 Å². The van der Waals surface area contributed by atoms with Gasteiger partial charge in [-0.1, -0.05) is 105 Å². The smallest absolute Gasteiger partial charge is 0.399 e. The quantitative estimate of drug-likeness (QED) is 0.217. The number of benzene rings is 4. The zero-order valence-corrected chi connectivity index (χ0v) is 25.0. The van der Waals surface area contributed by atoms with Crippen LogP contribution >= 0.6 is 0 Å². The van der Waals surface area contributed by atoms with E-state index in [1.165, 1.54) is 22.3 Å². The van der Waals surface area contributed by atoms with E-state index in [4.69, 9.17) is 24.3 Å². The normalized spacial score (nSPS) is 17.6. The first kappa shape index (κ1) is 26.8. The molecule has 208 valence electrons. The molecule has 2 aliphatic rings. The predicted molar refractivity (Wildman–Crippen MR) is 169 cm³/mol. The van der Waals surface area contributed by atoms with Crippen molar-refractivity contribution in [3.8, 4) is 45.3 Å². The van der Waals surface area contributed by atoms with Crippen molar-refractivity contribution in [1.29, 1.82) is 0 Å². The van der Waals surface area contributed by atoms with Gasteiger partial charge in [0.2, 0.25) is 0 Å². The van der Waals surface area contributed by atoms with Gasteiger partial charge in [-0.2, -0.15) is 0 Å². The van der Waals surface area contributed by atoms with Crippen LogP contribution in [0.4, 0.5) is 0 Å². The molecule has 1 aliphatic carbocycles. The maximum absolute atomic E-state index is 6.34. The molecule has 0 N–H and O–H groups in total. The fraction of sp³-hybridized carbons (Fsp3) is 0.250.